The van der Waals surface area contributed by atoms with Gasteiger partial charge in [0.2, 0.25) is 5.91 Å². The minimum Gasteiger partial charge on any atom is -0.369 e. The predicted molar refractivity (Wildman–Crippen MR) is 86.9 cm³/mol. The number of carbonyl (C=O) groups excluding carboxylic acids is 2. The molecule has 110 valence electrons. The van der Waals surface area contributed by atoms with E-state index >= 15 is 0 Å². The number of nitrogens with two attached hydrogens (primary N) is 1. The van der Waals surface area contributed by atoms with Gasteiger partial charge >= 0.3 is 0 Å². The Morgan fingerprint density at radius 3 is 2.68 bits per heavy atom. The lowest BCUT2D eigenvalue weighted by Crippen LogP contribution is -2.14. The molecular formula is C16H13N3O2S. The first kappa shape index (κ1) is 14.2. The minimum absolute atomic E-state index is 0.0718. The number of nitrogens with zero attached hydrogens (tertiary/aromatic N) is 1. The van der Waals surface area contributed by atoms with E-state index in [1.807, 2.05) is 36.4 Å². The first-order valence-corrected chi connectivity index (χ1v) is 7.52. The number of hydrogen-bond acceptors (Lipinski definition) is 4. The normalized spacial score (nSPS) is 10.5. The van der Waals surface area contributed by atoms with Crippen LogP contribution in [0.4, 0.5) is 5.13 Å². The molecule has 0 radical (unpaired) electrons. The van der Waals surface area contributed by atoms with Crippen LogP contribution in [0.1, 0.15) is 16.1 Å². The number of anilines is 1. The highest BCUT2D eigenvalue weighted by atomic mass is 32.1. The van der Waals surface area contributed by atoms with Gasteiger partial charge in [0.25, 0.3) is 5.91 Å². The van der Waals surface area contributed by atoms with E-state index in [0.29, 0.717) is 16.4 Å². The molecule has 0 fully saturated rings. The van der Waals surface area contributed by atoms with Crippen molar-refractivity contribution in [3.05, 3.63) is 59.1 Å². The van der Waals surface area contributed by atoms with Crippen LogP contribution in [0, 0.1) is 0 Å². The van der Waals surface area contributed by atoms with E-state index in [9.17, 15) is 9.59 Å². The Kier molecular flexibility index (Phi) is 3.84. The molecule has 0 aliphatic rings. The molecule has 3 rings (SSSR count). The van der Waals surface area contributed by atoms with E-state index in [1.165, 1.54) is 11.3 Å². The summed E-state index contributed by atoms with van der Waals surface area (Å²) in [6.45, 7) is 0. The van der Waals surface area contributed by atoms with E-state index < -0.39 is 5.91 Å². The molecule has 1 heterocycles. The Labute approximate surface area is 130 Å². The molecule has 0 bridgehead atoms. The summed E-state index contributed by atoms with van der Waals surface area (Å²) in [6.07, 6.45) is 0.0718. The second-order valence-electron chi connectivity index (χ2n) is 4.80. The summed E-state index contributed by atoms with van der Waals surface area (Å²) in [6, 6.07) is 13.4. The fourth-order valence-corrected chi connectivity index (χ4v) is 2.83. The molecule has 6 heteroatoms. The highest BCUT2D eigenvalue weighted by Gasteiger charge is 2.10. The molecule has 0 atom stereocenters. The van der Waals surface area contributed by atoms with Crippen LogP contribution >= 0.6 is 11.3 Å². The van der Waals surface area contributed by atoms with Crippen molar-refractivity contribution in [2.75, 3.05) is 5.32 Å². The smallest absolute Gasteiger partial charge is 0.257 e. The lowest BCUT2D eigenvalue weighted by atomic mass is 10.1. The predicted octanol–water partition coefficient (Wildman–Crippen LogP) is 2.58. The number of nitrogens with one attached hydrogen (secondary N) is 1. The molecule has 3 N–H and O–H groups in total. The van der Waals surface area contributed by atoms with Crippen LogP contribution in [-0.4, -0.2) is 16.8 Å². The second kappa shape index (κ2) is 5.95. The van der Waals surface area contributed by atoms with Crippen LogP contribution in [0.25, 0.3) is 10.8 Å². The molecular weight excluding hydrogens is 298 g/mol. The number of fused-ring (bicyclic) bond motifs is 1. The Balaban J connectivity index is 1.77. The summed E-state index contributed by atoms with van der Waals surface area (Å²) >= 11 is 1.27. The van der Waals surface area contributed by atoms with Crippen molar-refractivity contribution in [2.24, 2.45) is 5.73 Å². The highest BCUT2D eigenvalue weighted by molar-refractivity contribution is 7.14. The zero-order valence-corrected chi connectivity index (χ0v) is 12.4. The van der Waals surface area contributed by atoms with Gasteiger partial charge in [0.05, 0.1) is 12.1 Å². The maximum Gasteiger partial charge on any atom is 0.257 e. The zero-order valence-electron chi connectivity index (χ0n) is 11.6. The van der Waals surface area contributed by atoms with Gasteiger partial charge in [-0.15, -0.1) is 11.3 Å². The van der Waals surface area contributed by atoms with Crippen LogP contribution in [-0.2, 0) is 11.2 Å². The summed E-state index contributed by atoms with van der Waals surface area (Å²) in [5.41, 5.74) is 6.24. The second-order valence-corrected chi connectivity index (χ2v) is 5.66. The first-order chi connectivity index (χ1) is 10.6. The van der Waals surface area contributed by atoms with E-state index in [2.05, 4.69) is 10.3 Å². The van der Waals surface area contributed by atoms with Crippen LogP contribution in [0.3, 0.4) is 0 Å². The Hall–Kier alpha value is -2.73. The number of benzene rings is 2. The van der Waals surface area contributed by atoms with Crippen molar-refractivity contribution >= 4 is 39.1 Å². The summed E-state index contributed by atoms with van der Waals surface area (Å²) in [7, 11) is 0. The molecule has 0 saturated heterocycles. The topological polar surface area (TPSA) is 85.1 Å². The van der Waals surface area contributed by atoms with Crippen molar-refractivity contribution in [1.29, 1.82) is 0 Å². The Morgan fingerprint density at radius 1 is 1.14 bits per heavy atom. The van der Waals surface area contributed by atoms with Gasteiger partial charge in [-0.05, 0) is 22.9 Å². The fraction of sp³-hybridized carbons (Fsp3) is 0.0625. The van der Waals surface area contributed by atoms with Crippen molar-refractivity contribution in [3.63, 3.8) is 0 Å². The van der Waals surface area contributed by atoms with Gasteiger partial charge in [-0.2, -0.15) is 0 Å². The molecule has 2 amide bonds. The van der Waals surface area contributed by atoms with Gasteiger partial charge in [0, 0.05) is 10.9 Å². The number of hydrogen-bond donors (Lipinski definition) is 2. The average Bonchev–Trinajstić information content (AvgIpc) is 2.93. The van der Waals surface area contributed by atoms with Gasteiger partial charge < -0.3 is 5.73 Å². The number of carbonyl (C=O) groups is 2. The molecule has 0 unspecified atom stereocenters. The lowest BCUT2D eigenvalue weighted by Gasteiger charge is -2.03. The highest BCUT2D eigenvalue weighted by Crippen LogP contribution is 2.19. The third-order valence-corrected chi connectivity index (χ3v) is 3.95. The molecule has 2 aromatic carbocycles. The quantitative estimate of drug-likeness (QED) is 0.776. The van der Waals surface area contributed by atoms with Crippen molar-refractivity contribution in [1.82, 2.24) is 4.98 Å². The molecule has 5 nitrogen and oxygen atoms in total. The monoisotopic (exact) mass is 311 g/mol. The number of rotatable bonds is 4. The van der Waals surface area contributed by atoms with Crippen molar-refractivity contribution in [3.8, 4) is 0 Å². The molecule has 0 aliphatic carbocycles. The third kappa shape index (κ3) is 3.12. The average molecular weight is 311 g/mol. The van der Waals surface area contributed by atoms with Gasteiger partial charge in [-0.1, -0.05) is 30.3 Å². The van der Waals surface area contributed by atoms with E-state index in [0.717, 1.165) is 10.8 Å². The Morgan fingerprint density at radius 2 is 1.91 bits per heavy atom. The largest absolute Gasteiger partial charge is 0.369 e. The number of thiazole rings is 1. The maximum absolute atomic E-state index is 12.3. The van der Waals surface area contributed by atoms with Crippen LogP contribution < -0.4 is 11.1 Å². The summed E-state index contributed by atoms with van der Waals surface area (Å²) in [5.74, 6) is -0.677. The number of aromatic nitrogens is 1. The van der Waals surface area contributed by atoms with Crippen molar-refractivity contribution in [2.45, 2.75) is 6.42 Å². The van der Waals surface area contributed by atoms with Crippen LogP contribution in [0.15, 0.2) is 47.8 Å². The zero-order chi connectivity index (χ0) is 15.5. The third-order valence-electron chi connectivity index (χ3n) is 3.14. The lowest BCUT2D eigenvalue weighted by molar-refractivity contribution is -0.117. The summed E-state index contributed by atoms with van der Waals surface area (Å²) in [4.78, 5) is 27.3. The van der Waals surface area contributed by atoms with E-state index in [-0.39, 0.29) is 12.3 Å². The molecule has 0 aliphatic heterocycles. The van der Waals surface area contributed by atoms with Gasteiger partial charge in [0.15, 0.2) is 5.13 Å². The number of primary amides is 1. The molecule has 0 saturated carbocycles. The standard InChI is InChI=1S/C16H13N3O2S/c17-14(20)8-13-9-22-16(18-13)19-15(21)12-6-5-10-3-1-2-4-11(10)7-12/h1-7,9H,8H2,(H2,17,20)(H,18,19,21). The molecule has 0 spiro atoms. The summed E-state index contributed by atoms with van der Waals surface area (Å²) in [5, 5.41) is 6.98. The first-order valence-electron chi connectivity index (χ1n) is 6.65. The SMILES string of the molecule is NC(=O)Cc1csc(NC(=O)c2ccc3ccccc3c2)n1. The molecule has 22 heavy (non-hydrogen) atoms. The maximum atomic E-state index is 12.3. The molecule has 1 aromatic heterocycles. The fourth-order valence-electron chi connectivity index (χ4n) is 2.12. The van der Waals surface area contributed by atoms with Crippen molar-refractivity contribution < 1.29 is 9.59 Å². The molecule has 3 aromatic rings. The summed E-state index contributed by atoms with van der Waals surface area (Å²) < 4.78 is 0. The Bertz CT molecular complexity index is 857. The minimum atomic E-state index is -0.447. The van der Waals surface area contributed by atoms with Crippen LogP contribution in [0.5, 0.6) is 0 Å². The number of amides is 2. The van der Waals surface area contributed by atoms with E-state index in [4.69, 9.17) is 5.73 Å². The van der Waals surface area contributed by atoms with Gasteiger partial charge in [-0.25, -0.2) is 4.98 Å². The van der Waals surface area contributed by atoms with Gasteiger partial charge in [0.1, 0.15) is 0 Å². The van der Waals surface area contributed by atoms with Gasteiger partial charge in [-0.3, -0.25) is 14.9 Å². The van der Waals surface area contributed by atoms with E-state index in [1.54, 1.807) is 11.4 Å². The van der Waals surface area contributed by atoms with Crippen LogP contribution in [0.2, 0.25) is 0 Å².